The molecule has 6 unspecified atom stereocenters. The van der Waals surface area contributed by atoms with Gasteiger partial charge >= 0.3 is 6.09 Å². The highest BCUT2D eigenvalue weighted by Crippen LogP contribution is 2.62. The van der Waals surface area contributed by atoms with Crippen molar-refractivity contribution in [3.63, 3.8) is 0 Å². The van der Waals surface area contributed by atoms with Crippen LogP contribution in [0, 0.1) is 17.8 Å². The number of hydrogen-bond acceptors (Lipinski definition) is 12. The molecule has 1 fully saturated rings. The number of amides is 1. The molecule has 4 aliphatic rings. The molecular weight excluding hydrogens is 977 g/mol. The maximum Gasteiger partial charge on any atom is 0.410 e. The van der Waals surface area contributed by atoms with Gasteiger partial charge in [0.25, 0.3) is 0 Å². The van der Waals surface area contributed by atoms with E-state index in [4.69, 9.17) is 38.4 Å². The number of benzene rings is 4. The Morgan fingerprint density at radius 3 is 2.25 bits per heavy atom. The minimum absolute atomic E-state index is 0.0491. The second-order valence-corrected chi connectivity index (χ2v) is 21.8. The summed E-state index contributed by atoms with van der Waals surface area (Å²) in [5.74, 6) is 1.37. The third-order valence-electron chi connectivity index (χ3n) is 15.4. The van der Waals surface area contributed by atoms with Gasteiger partial charge in [0.1, 0.15) is 24.1 Å². The van der Waals surface area contributed by atoms with Crippen LogP contribution in [0.25, 0.3) is 0 Å². The average molecular weight is 1060 g/mol. The first kappa shape index (κ1) is 56.7. The number of nitrogens with zero attached hydrogens (tertiary/aromatic N) is 2. The third kappa shape index (κ3) is 15.0. The molecule has 13 heteroatoms. The molecule has 2 aliphatic heterocycles. The summed E-state index contributed by atoms with van der Waals surface area (Å²) in [6, 6.07) is 31.5. The number of fused-ring (bicyclic) bond motifs is 3. The Kier molecular flexibility index (Phi) is 22.3. The summed E-state index contributed by atoms with van der Waals surface area (Å²) < 4.78 is 39.4. The van der Waals surface area contributed by atoms with Crippen LogP contribution in [0.4, 0.5) is 4.79 Å². The van der Waals surface area contributed by atoms with Gasteiger partial charge in [0.2, 0.25) is 12.6 Å². The van der Waals surface area contributed by atoms with Gasteiger partial charge < -0.3 is 43.5 Å². The van der Waals surface area contributed by atoms with Crippen molar-refractivity contribution >= 4 is 23.6 Å². The molecule has 0 radical (unpaired) electrons. The Bertz CT molecular complexity index is 2470. The van der Waals surface area contributed by atoms with Crippen LogP contribution in [0.1, 0.15) is 139 Å². The number of aliphatic hydroxyl groups excluding tert-OH is 2. The van der Waals surface area contributed by atoms with Gasteiger partial charge in [0, 0.05) is 48.3 Å². The molecule has 2 aliphatic carbocycles. The van der Waals surface area contributed by atoms with Gasteiger partial charge in [-0.2, -0.15) is 0 Å². The molecule has 76 heavy (non-hydrogen) atoms. The minimum Gasteiger partial charge on any atom is -0.493 e. The number of rotatable bonds is 33. The van der Waals surface area contributed by atoms with Crippen molar-refractivity contribution in [3.8, 4) is 23.0 Å². The first-order valence-electron chi connectivity index (χ1n) is 28.3. The highest BCUT2D eigenvalue weighted by atomic mass is 32.2. The molecule has 2 heterocycles. The molecule has 12 nitrogen and oxygen atoms in total. The molecule has 2 N–H and O–H groups in total. The third-order valence-corrected chi connectivity index (χ3v) is 16.4. The number of unbranched alkanes of at least 4 members (excludes halogenated alkanes) is 11. The van der Waals surface area contributed by atoms with Crippen LogP contribution in [-0.2, 0) is 27.5 Å². The maximum absolute atomic E-state index is 15.3. The van der Waals surface area contributed by atoms with E-state index >= 15 is 4.79 Å². The van der Waals surface area contributed by atoms with Crippen molar-refractivity contribution in [3.05, 3.63) is 138 Å². The van der Waals surface area contributed by atoms with Crippen LogP contribution in [0.15, 0.2) is 131 Å². The lowest BCUT2D eigenvalue weighted by atomic mass is 9.55. The number of aliphatic hydroxyl groups is 2. The van der Waals surface area contributed by atoms with Crippen molar-refractivity contribution < 1.29 is 48.3 Å². The Balaban J connectivity index is 1.20. The zero-order valence-corrected chi connectivity index (χ0v) is 45.7. The summed E-state index contributed by atoms with van der Waals surface area (Å²) in [6.45, 7) is 8.03. The molecular formula is C63H82N2O10S. The van der Waals surface area contributed by atoms with Crippen LogP contribution in [-0.4, -0.2) is 84.3 Å². The van der Waals surface area contributed by atoms with E-state index in [2.05, 4.69) is 37.8 Å². The molecule has 0 bridgehead atoms. The molecule has 8 rings (SSSR count). The zero-order valence-electron chi connectivity index (χ0n) is 44.8. The standard InChI is InChI=1S/C63H82N2O10S/c1-3-5-6-7-8-9-10-11-12-23-37-70-62(68)65(44-48-30-32-57-58(40-48)72-46-71-57)59-43-55(64-74-45-47-24-15-13-16-25-47)53-41-49(26-19-21-34-66)52(29-20-22-35-67)60-54-42-50(69-38-39-76-51-27-17-14-18-28-51)31-33-56(54)75-63(59,61(53)60)73-36-4-2/h4,13-18,24-25,27-28,30-33,40-42,49,52,59-61,66-67H,2-3,5-12,19-23,26,29,34-39,43-46H2,1H3. The normalized spacial score (nSPS) is 21.5. The molecule has 0 aromatic heterocycles. The Morgan fingerprint density at radius 1 is 0.789 bits per heavy atom. The molecule has 0 saturated heterocycles. The number of hydrogen-bond donors (Lipinski definition) is 2. The molecule has 4 aromatic rings. The van der Waals surface area contributed by atoms with Crippen LogP contribution < -0.4 is 18.9 Å². The topological polar surface area (TPSA) is 138 Å². The number of allylic oxidation sites excluding steroid dienone is 1. The predicted molar refractivity (Wildman–Crippen MR) is 300 cm³/mol. The second kappa shape index (κ2) is 29.9. The van der Waals surface area contributed by atoms with Gasteiger partial charge in [-0.1, -0.05) is 149 Å². The number of thioether (sulfide) groups is 1. The fourth-order valence-corrected chi connectivity index (χ4v) is 12.5. The van der Waals surface area contributed by atoms with Crippen LogP contribution >= 0.6 is 11.8 Å². The molecule has 410 valence electrons. The van der Waals surface area contributed by atoms with E-state index in [-0.39, 0.29) is 70.5 Å². The lowest BCUT2D eigenvalue weighted by molar-refractivity contribution is -0.256. The number of ether oxygens (including phenoxy) is 6. The highest BCUT2D eigenvalue weighted by Gasteiger charge is 2.66. The summed E-state index contributed by atoms with van der Waals surface area (Å²) in [5.41, 5.74) is 4.48. The Hall–Kier alpha value is -5.47. The zero-order chi connectivity index (χ0) is 52.8. The summed E-state index contributed by atoms with van der Waals surface area (Å²) in [6.07, 6.45) is 20.2. The van der Waals surface area contributed by atoms with Gasteiger partial charge in [-0.05, 0) is 103 Å². The first-order valence-corrected chi connectivity index (χ1v) is 29.3. The maximum atomic E-state index is 15.3. The minimum atomic E-state index is -1.47. The van der Waals surface area contributed by atoms with E-state index in [9.17, 15) is 10.2 Å². The monoisotopic (exact) mass is 1060 g/mol. The first-order chi connectivity index (χ1) is 37.5. The van der Waals surface area contributed by atoms with E-state index in [1.165, 1.54) is 49.8 Å². The lowest BCUT2D eigenvalue weighted by Crippen LogP contribution is -2.70. The largest absolute Gasteiger partial charge is 0.493 e. The van der Waals surface area contributed by atoms with Crippen molar-refractivity contribution in [2.24, 2.45) is 22.9 Å². The van der Waals surface area contributed by atoms with Crippen molar-refractivity contribution in [1.82, 2.24) is 4.90 Å². The van der Waals surface area contributed by atoms with Crippen LogP contribution in [0.2, 0.25) is 0 Å². The Morgan fingerprint density at radius 2 is 1.50 bits per heavy atom. The fourth-order valence-electron chi connectivity index (χ4n) is 11.7. The summed E-state index contributed by atoms with van der Waals surface area (Å²) in [5, 5.41) is 25.3. The van der Waals surface area contributed by atoms with Crippen molar-refractivity contribution in [1.29, 1.82) is 0 Å². The number of oxime groups is 1. The van der Waals surface area contributed by atoms with Gasteiger partial charge in [-0.25, -0.2) is 4.79 Å². The summed E-state index contributed by atoms with van der Waals surface area (Å²) in [7, 11) is 0. The van der Waals surface area contributed by atoms with Gasteiger partial charge in [0.15, 0.2) is 11.5 Å². The van der Waals surface area contributed by atoms with Crippen molar-refractivity contribution in [2.45, 2.75) is 152 Å². The smallest absolute Gasteiger partial charge is 0.410 e. The second-order valence-electron chi connectivity index (χ2n) is 20.7. The van der Waals surface area contributed by atoms with E-state index in [0.717, 1.165) is 78.7 Å². The molecule has 1 saturated carbocycles. The van der Waals surface area contributed by atoms with Crippen LogP contribution in [0.3, 0.4) is 0 Å². The molecule has 4 aromatic carbocycles. The number of carbonyl (C=O) groups is 1. The van der Waals surface area contributed by atoms with Gasteiger partial charge in [0.05, 0.1) is 31.5 Å². The summed E-state index contributed by atoms with van der Waals surface area (Å²) in [4.78, 5) is 24.6. The molecule has 6 atom stereocenters. The SMILES string of the molecule is C=CCOC12Oc3ccc(OCCSc4ccccc4)cc3C3C(CCCCO)C(CCCCO)C=C(C(=NOCc4ccccc4)CC1N(Cc1ccc4c(c1)OCO4)C(=O)OCCCCCCCCCCCC)C32. The van der Waals surface area contributed by atoms with Crippen molar-refractivity contribution in [2.75, 3.05) is 45.6 Å². The van der Waals surface area contributed by atoms with Gasteiger partial charge in [-0.3, -0.25) is 4.90 Å². The summed E-state index contributed by atoms with van der Waals surface area (Å²) >= 11 is 1.75. The fraction of sp³-hybridized carbons (Fsp3) is 0.524. The van der Waals surface area contributed by atoms with E-state index in [1.807, 2.05) is 78.9 Å². The predicted octanol–water partition coefficient (Wildman–Crippen LogP) is 14.0. The molecule has 1 amide bonds. The molecule has 0 spiro atoms. The lowest BCUT2D eigenvalue weighted by Gasteiger charge is -2.59. The highest BCUT2D eigenvalue weighted by molar-refractivity contribution is 7.99. The van der Waals surface area contributed by atoms with E-state index < -0.39 is 23.8 Å². The van der Waals surface area contributed by atoms with Gasteiger partial charge in [-0.15, -0.1) is 18.3 Å². The van der Waals surface area contributed by atoms with Crippen LogP contribution in [0.5, 0.6) is 23.0 Å². The Labute approximate surface area is 456 Å². The van der Waals surface area contributed by atoms with E-state index in [1.54, 1.807) is 22.7 Å². The number of carbonyl (C=O) groups excluding carboxylic acids is 1. The quantitative estimate of drug-likeness (QED) is 0.0204. The van der Waals surface area contributed by atoms with E-state index in [0.29, 0.717) is 42.4 Å². The average Bonchev–Trinajstić information content (AvgIpc) is 4.01.